The van der Waals surface area contributed by atoms with Crippen LogP contribution in [-0.2, 0) is 29.2 Å². The first-order valence-corrected chi connectivity index (χ1v) is 19.0. The maximum absolute atomic E-state index is 14.4. The summed E-state index contributed by atoms with van der Waals surface area (Å²) in [7, 11) is -2.05. The maximum atomic E-state index is 14.4. The van der Waals surface area contributed by atoms with Crippen molar-refractivity contribution in [3.63, 3.8) is 0 Å². The number of hydrogen-bond donors (Lipinski definition) is 4. The van der Waals surface area contributed by atoms with Crippen LogP contribution >= 0.6 is 0 Å². The van der Waals surface area contributed by atoms with Gasteiger partial charge in [0.2, 0.25) is 27.6 Å². The van der Waals surface area contributed by atoms with Crippen molar-refractivity contribution in [3.05, 3.63) is 12.7 Å². The molecule has 1 unspecified atom stereocenters. The molecule has 0 aromatic heterocycles. The van der Waals surface area contributed by atoms with Gasteiger partial charge >= 0.3 is 6.03 Å². The van der Waals surface area contributed by atoms with E-state index in [2.05, 4.69) is 27.8 Å². The van der Waals surface area contributed by atoms with Gasteiger partial charge in [-0.15, -0.1) is 6.58 Å². The smallest absolute Gasteiger partial charge is 0.315 e. The monoisotopic (exact) mass is 694 g/mol. The molecule has 2 aliphatic carbocycles. The lowest BCUT2D eigenvalue weighted by Gasteiger charge is -2.38. The molecule has 0 bridgehead atoms. The zero-order chi connectivity index (χ0) is 36.2. The Labute approximate surface area is 286 Å². The Morgan fingerprint density at radius 2 is 1.56 bits per heavy atom. The summed E-state index contributed by atoms with van der Waals surface area (Å²) >= 11 is 0. The third kappa shape index (κ3) is 10.0. The molecule has 5 amide bonds. The van der Waals surface area contributed by atoms with E-state index in [0.717, 1.165) is 44.8 Å². The van der Waals surface area contributed by atoms with Gasteiger partial charge in [0.05, 0.1) is 12.3 Å². The van der Waals surface area contributed by atoms with Crippen LogP contribution in [-0.4, -0.2) is 104 Å². The number of ketones is 1. The zero-order valence-electron chi connectivity index (χ0n) is 30.1. The Hall–Kier alpha value is -3.00. The minimum atomic E-state index is -3.50. The summed E-state index contributed by atoms with van der Waals surface area (Å²) in [6.45, 7) is 15.2. The van der Waals surface area contributed by atoms with Gasteiger partial charge in [0.1, 0.15) is 12.1 Å². The fourth-order valence-electron chi connectivity index (χ4n) is 6.90. The van der Waals surface area contributed by atoms with Crippen molar-refractivity contribution in [2.24, 2.45) is 28.6 Å². The Morgan fingerprint density at radius 1 is 0.938 bits per heavy atom. The number of amides is 5. The van der Waals surface area contributed by atoms with E-state index < -0.39 is 74.6 Å². The quantitative estimate of drug-likeness (QED) is 0.159. The number of likely N-dealkylation sites (tertiary alicyclic amines) is 1. The van der Waals surface area contributed by atoms with Crippen molar-refractivity contribution in [1.82, 2.24) is 30.5 Å². The molecule has 0 spiro atoms. The number of carbonyl (C=O) groups is 5. The molecule has 4 N–H and O–H groups in total. The molecule has 13 nitrogen and oxygen atoms in total. The average molecular weight is 695 g/mol. The van der Waals surface area contributed by atoms with Crippen LogP contribution in [0.1, 0.15) is 86.5 Å². The van der Waals surface area contributed by atoms with Gasteiger partial charge in [-0.05, 0) is 47.8 Å². The number of hydrogen-bond acceptors (Lipinski definition) is 7. The number of nitrogens with zero attached hydrogens (tertiary/aromatic N) is 2. The van der Waals surface area contributed by atoms with E-state index in [4.69, 9.17) is 0 Å². The molecule has 0 aromatic rings. The summed E-state index contributed by atoms with van der Waals surface area (Å²) in [4.78, 5) is 69.5. The number of rotatable bonds is 14. The maximum Gasteiger partial charge on any atom is 0.315 e. The van der Waals surface area contributed by atoms with Crippen LogP contribution in [0.4, 0.5) is 4.79 Å². The van der Waals surface area contributed by atoms with E-state index >= 15 is 0 Å². The van der Waals surface area contributed by atoms with Crippen molar-refractivity contribution < 1.29 is 32.4 Å². The number of likely N-dealkylation sites (N-methyl/N-ethyl adjacent to an activating group) is 1. The molecule has 1 saturated heterocycles. The van der Waals surface area contributed by atoms with Gasteiger partial charge in [0, 0.05) is 32.7 Å². The van der Waals surface area contributed by atoms with Crippen molar-refractivity contribution >= 4 is 39.6 Å². The molecule has 3 rings (SSSR count). The summed E-state index contributed by atoms with van der Waals surface area (Å²) in [5, 5.41) is 11.1. The third-order valence-electron chi connectivity index (χ3n) is 10.2. The number of carbonyl (C=O) groups excluding carboxylic acids is 5. The standard InChI is InChI=1S/C34H58N6O7S/c1-10-17-35-30(43)27(41)24(18-21-13-11-14-21)36-29(42)26-23-16-12-15-22(23)19-40(26)31(44)28(34(5,6)7)38-32(45)37-25(33(2,3)4)20-39(8)48(9,46)47/h10,21-26,28H,1,11-20H2,2-9H3,(H,35,43)(H,36,42)(H2,37,38,45)/t22-,23-,24?,25+,26-,28+/m0/s1. The number of sulfonamides is 1. The van der Waals surface area contributed by atoms with Gasteiger partial charge in [-0.25, -0.2) is 17.5 Å². The number of urea groups is 1. The topological polar surface area (TPSA) is 174 Å². The summed E-state index contributed by atoms with van der Waals surface area (Å²) in [5.74, 6) is -2.12. The van der Waals surface area contributed by atoms with Gasteiger partial charge in [-0.3, -0.25) is 19.2 Å². The van der Waals surface area contributed by atoms with E-state index in [1.54, 1.807) is 4.90 Å². The van der Waals surface area contributed by atoms with Crippen molar-refractivity contribution in [1.29, 1.82) is 0 Å². The molecule has 272 valence electrons. The lowest BCUT2D eigenvalue weighted by atomic mass is 9.80. The SMILES string of the molecule is C=CCNC(=O)C(=O)C(CC1CCC1)NC(=O)[C@@H]1[C@H]2CCC[C@H]2CN1C(=O)[C@@H](NC(=O)N[C@H](CN(C)S(C)(=O)=O)C(C)(C)C)C(C)(C)C. The second-order valence-electron chi connectivity index (χ2n) is 16.1. The largest absolute Gasteiger partial charge is 0.346 e. The highest BCUT2D eigenvalue weighted by molar-refractivity contribution is 7.88. The van der Waals surface area contributed by atoms with Gasteiger partial charge in [0.25, 0.3) is 5.91 Å². The lowest BCUT2D eigenvalue weighted by Crippen LogP contribution is -2.62. The first-order valence-electron chi connectivity index (χ1n) is 17.2. The van der Waals surface area contributed by atoms with Crippen LogP contribution in [0.15, 0.2) is 12.7 Å². The van der Waals surface area contributed by atoms with Gasteiger partial charge in [-0.2, -0.15) is 0 Å². The third-order valence-corrected chi connectivity index (χ3v) is 11.5. The van der Waals surface area contributed by atoms with Gasteiger partial charge in [0.15, 0.2) is 0 Å². The van der Waals surface area contributed by atoms with Crippen LogP contribution in [0.2, 0.25) is 0 Å². The molecule has 2 saturated carbocycles. The van der Waals surface area contributed by atoms with E-state index in [9.17, 15) is 32.4 Å². The number of fused-ring (bicyclic) bond motifs is 1. The van der Waals surface area contributed by atoms with Gasteiger partial charge in [-0.1, -0.05) is 73.3 Å². The summed E-state index contributed by atoms with van der Waals surface area (Å²) in [6.07, 6.45) is 8.36. The summed E-state index contributed by atoms with van der Waals surface area (Å²) < 4.78 is 25.4. The zero-order valence-corrected chi connectivity index (χ0v) is 30.9. The first kappa shape index (κ1) is 39.4. The van der Waals surface area contributed by atoms with Crippen molar-refractivity contribution in [3.8, 4) is 0 Å². The fraction of sp³-hybridized carbons (Fsp3) is 0.794. The second kappa shape index (κ2) is 15.7. The van der Waals surface area contributed by atoms with Crippen LogP contribution < -0.4 is 21.3 Å². The molecule has 3 aliphatic rings. The van der Waals surface area contributed by atoms with Crippen LogP contribution in [0.3, 0.4) is 0 Å². The van der Waals surface area contributed by atoms with Crippen LogP contribution in [0.5, 0.6) is 0 Å². The molecular weight excluding hydrogens is 636 g/mol. The minimum absolute atomic E-state index is 0.0357. The minimum Gasteiger partial charge on any atom is -0.346 e. The normalized spacial score (nSPS) is 23.4. The lowest BCUT2D eigenvalue weighted by molar-refractivity contribution is -0.144. The molecule has 1 heterocycles. The molecule has 0 aromatic carbocycles. The Bertz CT molecular complexity index is 1330. The second-order valence-corrected chi connectivity index (χ2v) is 18.2. The predicted molar refractivity (Wildman–Crippen MR) is 184 cm³/mol. The Morgan fingerprint density at radius 3 is 2.08 bits per heavy atom. The fourth-order valence-corrected chi connectivity index (χ4v) is 7.32. The van der Waals surface area contributed by atoms with E-state index in [1.165, 1.54) is 17.4 Å². The number of nitrogens with one attached hydrogen (secondary N) is 4. The Balaban J connectivity index is 1.84. The molecule has 3 fully saturated rings. The van der Waals surface area contributed by atoms with E-state index in [-0.39, 0.29) is 30.8 Å². The highest BCUT2D eigenvalue weighted by atomic mass is 32.2. The predicted octanol–water partition coefficient (Wildman–Crippen LogP) is 2.18. The summed E-state index contributed by atoms with van der Waals surface area (Å²) in [6, 6.07) is -4.07. The van der Waals surface area contributed by atoms with Gasteiger partial charge < -0.3 is 26.2 Å². The Kier molecular flexibility index (Phi) is 12.9. The van der Waals surface area contributed by atoms with E-state index in [0.29, 0.717) is 13.0 Å². The van der Waals surface area contributed by atoms with E-state index in [1.807, 2.05) is 41.5 Å². The van der Waals surface area contributed by atoms with Crippen LogP contribution in [0, 0.1) is 28.6 Å². The van der Waals surface area contributed by atoms with Crippen molar-refractivity contribution in [2.45, 2.75) is 111 Å². The van der Waals surface area contributed by atoms with Crippen molar-refractivity contribution in [2.75, 3.05) is 32.9 Å². The highest BCUT2D eigenvalue weighted by Gasteiger charge is 2.52. The molecule has 1 aliphatic heterocycles. The first-order chi connectivity index (χ1) is 22.1. The molecule has 48 heavy (non-hydrogen) atoms. The molecular formula is C34H58N6O7S. The highest BCUT2D eigenvalue weighted by Crippen LogP contribution is 2.43. The molecule has 14 heteroatoms. The molecule has 0 radical (unpaired) electrons. The molecule has 6 atom stereocenters. The summed E-state index contributed by atoms with van der Waals surface area (Å²) in [5.41, 5.74) is -1.26. The number of Topliss-reactive ketones (excluding diaryl/α,β-unsaturated/α-hetero) is 1. The van der Waals surface area contributed by atoms with Crippen LogP contribution in [0.25, 0.3) is 0 Å². The average Bonchev–Trinajstić information content (AvgIpc) is 3.54.